The third-order valence-electron chi connectivity index (χ3n) is 5.95. The van der Waals surface area contributed by atoms with Gasteiger partial charge in [-0.2, -0.15) is 8.78 Å². The second kappa shape index (κ2) is 11.1. The average molecular weight is 517 g/mol. The third kappa shape index (κ3) is 6.13. The van der Waals surface area contributed by atoms with Gasteiger partial charge < -0.3 is 19.1 Å². The lowest BCUT2D eigenvalue weighted by Gasteiger charge is -2.45. The fourth-order valence-electron chi connectivity index (χ4n) is 3.95. The summed E-state index contributed by atoms with van der Waals surface area (Å²) in [5, 5.41) is 6.88. The van der Waals surface area contributed by atoms with E-state index in [1.807, 2.05) is 19.0 Å². The van der Waals surface area contributed by atoms with Crippen LogP contribution in [0.1, 0.15) is 30.9 Å². The van der Waals surface area contributed by atoms with Gasteiger partial charge in [0.15, 0.2) is 0 Å². The van der Waals surface area contributed by atoms with Crippen molar-refractivity contribution in [1.82, 2.24) is 25.0 Å². The van der Waals surface area contributed by atoms with E-state index in [1.54, 1.807) is 42.5 Å². The van der Waals surface area contributed by atoms with Gasteiger partial charge in [0.2, 0.25) is 17.5 Å². The number of hydrogen-bond acceptors (Lipinski definition) is 7. The Labute approximate surface area is 211 Å². The highest BCUT2D eigenvalue weighted by molar-refractivity contribution is 6.01. The molecule has 37 heavy (non-hydrogen) atoms. The number of carbonyl (C=O) groups excluding carboxylic acids is 2. The first-order valence-electron chi connectivity index (χ1n) is 11.7. The number of alkyl halides is 3. The predicted molar refractivity (Wildman–Crippen MR) is 128 cm³/mol. The van der Waals surface area contributed by atoms with Crippen LogP contribution in [0.3, 0.4) is 0 Å². The smallest absolute Gasteiger partial charge is 0.314 e. The minimum atomic E-state index is -2.89. The normalized spacial score (nSPS) is 14.6. The lowest BCUT2D eigenvalue weighted by atomic mass is 9.93. The number of pyridine rings is 1. The van der Waals surface area contributed by atoms with Gasteiger partial charge in [0.1, 0.15) is 0 Å². The van der Waals surface area contributed by atoms with Gasteiger partial charge in [-0.15, -0.1) is 10.2 Å². The van der Waals surface area contributed by atoms with Crippen molar-refractivity contribution < 1.29 is 27.2 Å². The van der Waals surface area contributed by atoms with Gasteiger partial charge in [0.25, 0.3) is 11.8 Å². The van der Waals surface area contributed by atoms with Crippen LogP contribution in [-0.4, -0.2) is 76.2 Å². The number of aromatic nitrogens is 3. The molecule has 0 aliphatic carbocycles. The van der Waals surface area contributed by atoms with Crippen molar-refractivity contribution in [3.63, 3.8) is 0 Å². The molecule has 1 aliphatic heterocycles. The van der Waals surface area contributed by atoms with Crippen molar-refractivity contribution in [2.75, 3.05) is 38.6 Å². The lowest BCUT2D eigenvalue weighted by molar-refractivity contribution is -0.155. The molecule has 3 heterocycles. The highest BCUT2D eigenvalue weighted by atomic mass is 19.3. The zero-order valence-electron chi connectivity index (χ0n) is 20.5. The maximum atomic E-state index is 15.6. The molecule has 0 saturated carbocycles. The monoisotopic (exact) mass is 516 g/mol. The number of anilines is 1. The number of halogens is 3. The molecule has 12 heteroatoms. The van der Waals surface area contributed by atoms with Crippen molar-refractivity contribution in [2.24, 2.45) is 0 Å². The molecule has 0 radical (unpaired) electrons. The van der Waals surface area contributed by atoms with Crippen LogP contribution in [0.2, 0.25) is 0 Å². The van der Waals surface area contributed by atoms with Crippen molar-refractivity contribution in [3.8, 4) is 11.5 Å². The molecular weight excluding hydrogens is 489 g/mol. The number of rotatable bonds is 10. The Morgan fingerprint density at radius 2 is 1.84 bits per heavy atom. The summed E-state index contributed by atoms with van der Waals surface area (Å²) in [7, 11) is 3.82. The number of amides is 2. The van der Waals surface area contributed by atoms with E-state index in [4.69, 9.17) is 4.42 Å². The lowest BCUT2D eigenvalue weighted by Crippen LogP contribution is -2.67. The maximum absolute atomic E-state index is 15.6. The van der Waals surface area contributed by atoms with E-state index in [1.165, 1.54) is 16.0 Å². The average Bonchev–Trinajstić information content (AvgIpc) is 3.36. The van der Waals surface area contributed by atoms with Crippen LogP contribution >= 0.6 is 0 Å². The molecule has 4 rings (SSSR count). The molecule has 0 spiro atoms. The Balaban J connectivity index is 1.46. The van der Waals surface area contributed by atoms with E-state index in [0.717, 1.165) is 6.54 Å². The molecule has 2 amide bonds. The van der Waals surface area contributed by atoms with Gasteiger partial charge in [-0.1, -0.05) is 18.2 Å². The Hall–Kier alpha value is -3.80. The van der Waals surface area contributed by atoms with Gasteiger partial charge in [-0.05, 0) is 51.3 Å². The molecule has 0 unspecified atom stereocenters. The number of nitrogens with zero attached hydrogens (tertiary/aromatic N) is 6. The predicted octanol–water partition coefficient (Wildman–Crippen LogP) is 3.49. The van der Waals surface area contributed by atoms with Gasteiger partial charge >= 0.3 is 6.43 Å². The number of likely N-dealkylation sites (tertiary alicyclic amines) is 1. The zero-order chi connectivity index (χ0) is 26.6. The molecular formula is C25H27F3N6O3. The summed E-state index contributed by atoms with van der Waals surface area (Å²) in [6.45, 7) is 0.0996. The Kier molecular flexibility index (Phi) is 7.86. The highest BCUT2D eigenvalue weighted by Crippen LogP contribution is 2.32. The summed E-state index contributed by atoms with van der Waals surface area (Å²) in [5.74, 6) is -1.85. The van der Waals surface area contributed by atoms with E-state index >= 15 is 4.39 Å². The van der Waals surface area contributed by atoms with Gasteiger partial charge in [-0.3, -0.25) is 14.6 Å². The fourth-order valence-corrected chi connectivity index (χ4v) is 3.95. The Morgan fingerprint density at radius 1 is 1.11 bits per heavy atom. The molecule has 1 aromatic carbocycles. The number of para-hydroxylation sites is 1. The number of benzene rings is 1. The Morgan fingerprint density at radius 3 is 2.43 bits per heavy atom. The van der Waals surface area contributed by atoms with Crippen LogP contribution in [0.4, 0.5) is 18.9 Å². The van der Waals surface area contributed by atoms with Crippen LogP contribution in [0, 0.1) is 0 Å². The molecule has 0 bridgehead atoms. The minimum absolute atomic E-state index is 0.0440. The first-order chi connectivity index (χ1) is 17.7. The van der Waals surface area contributed by atoms with Crippen molar-refractivity contribution in [1.29, 1.82) is 0 Å². The standard InChI is InChI=1S/C25H27F3N6O3/c1-32(2)12-6-9-20(35)33-15-25(28,16-33)24(36)34(19-7-4-3-5-8-19)14-18-11-10-17(13-29-18)22-30-31-23(37-22)21(26)27/h3-5,7-8,10-11,13,21H,6,9,12,14-16H2,1-2H3. The van der Waals surface area contributed by atoms with Gasteiger partial charge in [0.05, 0.1) is 30.9 Å². The first kappa shape index (κ1) is 26.3. The van der Waals surface area contributed by atoms with Crippen molar-refractivity contribution >= 4 is 17.5 Å². The van der Waals surface area contributed by atoms with E-state index < -0.39 is 23.9 Å². The molecule has 2 aromatic heterocycles. The maximum Gasteiger partial charge on any atom is 0.314 e. The molecule has 1 aliphatic rings. The topological polar surface area (TPSA) is 95.7 Å². The molecule has 0 N–H and O–H groups in total. The minimum Gasteiger partial charge on any atom is -0.415 e. The Bertz CT molecular complexity index is 1210. The molecule has 9 nitrogen and oxygen atoms in total. The van der Waals surface area contributed by atoms with Gasteiger partial charge in [-0.25, -0.2) is 4.39 Å². The van der Waals surface area contributed by atoms with Crippen LogP contribution in [0.25, 0.3) is 11.5 Å². The van der Waals surface area contributed by atoms with Crippen LogP contribution in [0.15, 0.2) is 53.1 Å². The third-order valence-corrected chi connectivity index (χ3v) is 5.95. The van der Waals surface area contributed by atoms with E-state index in [9.17, 15) is 18.4 Å². The van der Waals surface area contributed by atoms with Crippen LogP contribution in [-0.2, 0) is 16.1 Å². The summed E-state index contributed by atoms with van der Waals surface area (Å²) in [4.78, 5) is 34.6. The van der Waals surface area contributed by atoms with Crippen LogP contribution in [0.5, 0.6) is 0 Å². The molecule has 0 atom stereocenters. The number of hydrogen-bond donors (Lipinski definition) is 0. The summed E-state index contributed by atoms with van der Waals surface area (Å²) < 4.78 is 46.0. The highest BCUT2D eigenvalue weighted by Gasteiger charge is 2.53. The molecule has 1 saturated heterocycles. The van der Waals surface area contributed by atoms with E-state index in [-0.39, 0.29) is 31.4 Å². The van der Waals surface area contributed by atoms with E-state index in [2.05, 4.69) is 15.2 Å². The largest absolute Gasteiger partial charge is 0.415 e. The second-order valence-corrected chi connectivity index (χ2v) is 9.13. The van der Waals surface area contributed by atoms with Gasteiger partial charge in [0, 0.05) is 18.3 Å². The second-order valence-electron chi connectivity index (χ2n) is 9.13. The fraction of sp³-hybridized carbons (Fsp3) is 0.400. The number of carbonyl (C=O) groups is 2. The zero-order valence-corrected chi connectivity index (χ0v) is 20.5. The molecule has 1 fully saturated rings. The van der Waals surface area contributed by atoms with Crippen LogP contribution < -0.4 is 4.90 Å². The quantitative estimate of drug-likeness (QED) is 0.407. The summed E-state index contributed by atoms with van der Waals surface area (Å²) in [6, 6.07) is 11.7. The molecule has 196 valence electrons. The SMILES string of the molecule is CN(C)CCCC(=O)N1CC(F)(C(=O)N(Cc2ccc(-c3nnc(C(F)F)o3)cn2)c2ccccc2)C1. The first-order valence-corrected chi connectivity index (χ1v) is 11.7. The summed E-state index contributed by atoms with van der Waals surface area (Å²) in [6.07, 6.45) is -0.586. The summed E-state index contributed by atoms with van der Waals surface area (Å²) >= 11 is 0. The molecule has 3 aromatic rings. The summed E-state index contributed by atoms with van der Waals surface area (Å²) in [5.41, 5.74) is -0.980. The van der Waals surface area contributed by atoms with E-state index in [0.29, 0.717) is 29.8 Å². The van der Waals surface area contributed by atoms with Crippen molar-refractivity contribution in [2.45, 2.75) is 31.5 Å². The van der Waals surface area contributed by atoms with Crippen molar-refractivity contribution in [3.05, 3.63) is 60.2 Å².